The lowest BCUT2D eigenvalue weighted by molar-refractivity contribution is -0.121. The van der Waals surface area contributed by atoms with E-state index >= 15 is 0 Å². The maximum atomic E-state index is 14.0. The van der Waals surface area contributed by atoms with Crippen molar-refractivity contribution in [2.75, 3.05) is 25.4 Å². The number of hydrogen-bond acceptors (Lipinski definition) is 7. The number of aliphatic hydroxyl groups is 1. The van der Waals surface area contributed by atoms with Crippen LogP contribution in [0.2, 0.25) is 0 Å². The summed E-state index contributed by atoms with van der Waals surface area (Å²) in [5.41, 5.74) is 0.172. The molecule has 2 heterocycles. The number of carbonyl (C=O) groups is 1. The quantitative estimate of drug-likeness (QED) is 0.454. The first-order chi connectivity index (χ1) is 18.5. The highest BCUT2D eigenvalue weighted by Gasteiger charge is 2.71. The standard InChI is InChI=1S/C28H38N6O4S/c1-25(2)21-8-10-27(25,28(36,18-21)11-14-29-24(35)17-23-30-32-33-31-23)19-39(37,38)34-15-12-26(13-16-34)9-7-20-5-3-4-6-22(20)26/h3-7,9,21,36H,8,10-19H2,1-2H3,(H,29,35)(H,30,31,32,33)/t21-,27+,28-/m1/s1. The Labute approximate surface area is 229 Å². The molecular formula is C28H38N6O4S. The molecule has 1 aromatic carbocycles. The lowest BCUT2D eigenvalue weighted by Gasteiger charge is -2.49. The first-order valence-electron chi connectivity index (χ1n) is 14.0. The van der Waals surface area contributed by atoms with Crippen molar-refractivity contribution >= 4 is 22.0 Å². The van der Waals surface area contributed by atoms with Gasteiger partial charge in [-0.25, -0.2) is 12.7 Å². The SMILES string of the molecule is CC1(C)[C@@H]2CC[C@@]1(CS(=O)(=O)N1CCC3(C=Cc4ccccc43)CC1)[C@@](O)(CCNC(=O)Cc1nn[nH]n1)C2. The van der Waals surface area contributed by atoms with E-state index in [-0.39, 0.29) is 41.4 Å². The van der Waals surface area contributed by atoms with Crippen molar-refractivity contribution in [3.05, 3.63) is 47.3 Å². The molecule has 4 aliphatic rings. The molecule has 11 heteroatoms. The summed E-state index contributed by atoms with van der Waals surface area (Å²) in [6.45, 7) is 5.46. The zero-order valence-corrected chi connectivity index (χ0v) is 23.5. The highest BCUT2D eigenvalue weighted by molar-refractivity contribution is 7.89. The third kappa shape index (κ3) is 4.15. The fourth-order valence-electron chi connectivity index (χ4n) is 8.33. The molecule has 10 nitrogen and oxygen atoms in total. The van der Waals surface area contributed by atoms with Crippen molar-refractivity contribution in [2.24, 2.45) is 16.7 Å². The predicted octanol–water partition coefficient (Wildman–Crippen LogP) is 2.20. The normalized spacial score (nSPS) is 30.6. The molecule has 3 aliphatic carbocycles. The summed E-state index contributed by atoms with van der Waals surface area (Å²) in [5.74, 6) is 0.233. The van der Waals surface area contributed by atoms with Gasteiger partial charge < -0.3 is 10.4 Å². The number of H-pyrrole nitrogens is 1. The van der Waals surface area contributed by atoms with Crippen LogP contribution in [0.4, 0.5) is 0 Å². The van der Waals surface area contributed by atoms with Gasteiger partial charge in [-0.2, -0.15) is 5.21 Å². The zero-order chi connectivity index (χ0) is 27.5. The number of nitrogens with one attached hydrogen (secondary N) is 2. The number of hydrogen-bond donors (Lipinski definition) is 3. The topological polar surface area (TPSA) is 141 Å². The van der Waals surface area contributed by atoms with Crippen LogP contribution in [0.5, 0.6) is 0 Å². The molecule has 0 radical (unpaired) electrons. The highest BCUT2D eigenvalue weighted by atomic mass is 32.2. The van der Waals surface area contributed by atoms with Gasteiger partial charge in [-0.15, -0.1) is 10.2 Å². The van der Waals surface area contributed by atoms with Crippen molar-refractivity contribution in [1.82, 2.24) is 30.2 Å². The molecular weight excluding hydrogens is 516 g/mol. The summed E-state index contributed by atoms with van der Waals surface area (Å²) in [7, 11) is -3.62. The predicted molar refractivity (Wildman–Crippen MR) is 146 cm³/mol. The van der Waals surface area contributed by atoms with Gasteiger partial charge in [0.15, 0.2) is 5.82 Å². The zero-order valence-electron chi connectivity index (χ0n) is 22.7. The summed E-state index contributed by atoms with van der Waals surface area (Å²) >= 11 is 0. The lowest BCUT2D eigenvalue weighted by atomic mass is 9.63. The second-order valence-corrected chi connectivity index (χ2v) is 14.6. The minimum Gasteiger partial charge on any atom is -0.389 e. The molecule has 1 spiro atoms. The van der Waals surface area contributed by atoms with Gasteiger partial charge in [0.25, 0.3) is 0 Å². The summed E-state index contributed by atoms with van der Waals surface area (Å²) in [6.07, 6.45) is 8.40. The second kappa shape index (κ2) is 9.21. The van der Waals surface area contributed by atoms with Crippen molar-refractivity contribution < 1.29 is 18.3 Å². The largest absolute Gasteiger partial charge is 0.389 e. The Kier molecular flexibility index (Phi) is 6.28. The smallest absolute Gasteiger partial charge is 0.227 e. The molecule has 2 bridgehead atoms. The number of carbonyl (C=O) groups excluding carboxylic acids is 1. The number of allylic oxidation sites excluding steroid dienone is 1. The Bertz CT molecular complexity index is 1380. The van der Waals surface area contributed by atoms with Crippen LogP contribution in [-0.4, -0.2) is 75.3 Å². The Morgan fingerprint density at radius 3 is 2.69 bits per heavy atom. The number of amides is 1. The molecule has 2 aromatic rings. The molecule has 6 rings (SSSR count). The Morgan fingerprint density at radius 2 is 1.97 bits per heavy atom. The minimum atomic E-state index is -3.62. The summed E-state index contributed by atoms with van der Waals surface area (Å²) in [5, 5.41) is 28.3. The maximum Gasteiger partial charge on any atom is 0.227 e. The number of sulfonamides is 1. The lowest BCUT2D eigenvalue weighted by Crippen LogP contribution is -2.57. The fourth-order valence-corrected chi connectivity index (χ4v) is 10.7. The number of piperidine rings is 1. The summed E-state index contributed by atoms with van der Waals surface area (Å²) in [4.78, 5) is 12.4. The van der Waals surface area contributed by atoms with Gasteiger partial charge >= 0.3 is 0 Å². The third-order valence-corrected chi connectivity index (χ3v) is 12.7. The average Bonchev–Trinajstić information content (AvgIpc) is 3.62. The molecule has 3 N–H and O–H groups in total. The van der Waals surface area contributed by atoms with Crippen LogP contribution in [0.25, 0.3) is 6.08 Å². The van der Waals surface area contributed by atoms with Crippen molar-refractivity contribution in [3.63, 3.8) is 0 Å². The van der Waals surface area contributed by atoms with E-state index in [1.165, 1.54) is 11.1 Å². The van der Waals surface area contributed by atoms with Gasteiger partial charge in [0.2, 0.25) is 15.9 Å². The van der Waals surface area contributed by atoms with Crippen LogP contribution in [0.3, 0.4) is 0 Å². The Hall–Kier alpha value is -2.63. The number of rotatable bonds is 8. The van der Waals surface area contributed by atoms with Crippen molar-refractivity contribution in [3.8, 4) is 0 Å². The van der Waals surface area contributed by atoms with E-state index in [9.17, 15) is 18.3 Å². The maximum absolute atomic E-state index is 14.0. The van der Waals surface area contributed by atoms with Crippen LogP contribution in [0.15, 0.2) is 30.3 Å². The number of tetrazole rings is 1. The minimum absolute atomic E-state index is 0.00131. The summed E-state index contributed by atoms with van der Waals surface area (Å²) in [6, 6.07) is 8.39. The van der Waals surface area contributed by atoms with Gasteiger partial charge in [0, 0.05) is 30.5 Å². The number of benzene rings is 1. The first kappa shape index (κ1) is 26.6. The number of aromatic amines is 1. The van der Waals surface area contributed by atoms with E-state index in [4.69, 9.17) is 0 Å². The van der Waals surface area contributed by atoms with Crippen LogP contribution >= 0.6 is 0 Å². The molecule has 1 aromatic heterocycles. The molecule has 0 unspecified atom stereocenters. The average molecular weight is 555 g/mol. The molecule has 1 aliphatic heterocycles. The Balaban J connectivity index is 1.15. The third-order valence-electron chi connectivity index (χ3n) is 10.7. The van der Waals surface area contributed by atoms with E-state index in [1.807, 2.05) is 6.07 Å². The highest BCUT2D eigenvalue weighted by Crippen LogP contribution is 2.71. The molecule has 39 heavy (non-hydrogen) atoms. The van der Waals surface area contributed by atoms with Gasteiger partial charge in [0.1, 0.15) is 0 Å². The monoisotopic (exact) mass is 554 g/mol. The summed E-state index contributed by atoms with van der Waals surface area (Å²) < 4.78 is 29.7. The van der Waals surface area contributed by atoms with Crippen LogP contribution in [-0.2, 0) is 26.7 Å². The van der Waals surface area contributed by atoms with Gasteiger partial charge in [-0.3, -0.25) is 4.79 Å². The molecule has 3 fully saturated rings. The number of nitrogens with zero attached hydrogens (tertiary/aromatic N) is 4. The number of fused-ring (bicyclic) bond motifs is 4. The van der Waals surface area contributed by atoms with Gasteiger partial charge in [-0.1, -0.05) is 55.5 Å². The van der Waals surface area contributed by atoms with Crippen molar-refractivity contribution in [1.29, 1.82) is 0 Å². The molecule has 2 saturated carbocycles. The van der Waals surface area contributed by atoms with E-state index in [2.05, 4.69) is 70.1 Å². The van der Waals surface area contributed by atoms with Crippen molar-refractivity contribution in [2.45, 2.75) is 69.8 Å². The first-order valence-corrected chi connectivity index (χ1v) is 15.6. The molecule has 1 amide bonds. The molecule has 210 valence electrons. The molecule has 1 saturated heterocycles. The Morgan fingerprint density at radius 1 is 1.21 bits per heavy atom. The van der Waals surface area contributed by atoms with Crippen LogP contribution in [0, 0.1) is 16.7 Å². The van der Waals surface area contributed by atoms with Gasteiger partial charge in [0.05, 0.1) is 17.8 Å². The van der Waals surface area contributed by atoms with Crippen LogP contribution in [0.1, 0.15) is 69.3 Å². The second-order valence-electron chi connectivity index (χ2n) is 12.6. The van der Waals surface area contributed by atoms with E-state index in [0.717, 1.165) is 19.3 Å². The fraction of sp³-hybridized carbons (Fsp3) is 0.643. The number of aromatic nitrogens is 4. The van der Waals surface area contributed by atoms with E-state index < -0.39 is 21.0 Å². The van der Waals surface area contributed by atoms with Gasteiger partial charge in [-0.05, 0) is 61.0 Å². The van der Waals surface area contributed by atoms with Crippen LogP contribution < -0.4 is 5.32 Å². The van der Waals surface area contributed by atoms with E-state index in [0.29, 0.717) is 38.2 Å². The molecule has 3 atom stereocenters. The van der Waals surface area contributed by atoms with E-state index in [1.54, 1.807) is 4.31 Å².